The minimum atomic E-state index is -0.979. The van der Waals surface area contributed by atoms with Gasteiger partial charge in [0.25, 0.3) is 11.8 Å². The predicted octanol–water partition coefficient (Wildman–Crippen LogP) is 7.68. The van der Waals surface area contributed by atoms with Gasteiger partial charge in [-0.05, 0) is 60.0 Å². The number of fused-ring (bicyclic) bond motifs is 2. The van der Waals surface area contributed by atoms with E-state index in [9.17, 15) is 29.7 Å². The first-order valence-electron chi connectivity index (χ1n) is 17.6. The van der Waals surface area contributed by atoms with Crippen LogP contribution in [0.15, 0.2) is 121 Å². The van der Waals surface area contributed by atoms with Crippen LogP contribution in [0.3, 0.4) is 0 Å². The van der Waals surface area contributed by atoms with Gasteiger partial charge in [0.2, 0.25) is 0 Å². The fourth-order valence-corrected chi connectivity index (χ4v) is 5.99. The lowest BCUT2D eigenvalue weighted by molar-refractivity contribution is -0.138. The van der Waals surface area contributed by atoms with Gasteiger partial charge in [-0.1, -0.05) is 68.4 Å². The molecule has 0 fully saturated rings. The van der Waals surface area contributed by atoms with Crippen molar-refractivity contribution in [3.63, 3.8) is 0 Å². The number of nitrogens with one attached hydrogen (secondary N) is 2. The molecular formula is C44H38N6O7. The first kappa shape index (κ1) is 40.3. The van der Waals surface area contributed by atoms with Crippen LogP contribution in [0.1, 0.15) is 36.5 Å². The molecule has 0 aliphatic rings. The Morgan fingerprint density at radius 2 is 1.16 bits per heavy atom. The van der Waals surface area contributed by atoms with Crippen LogP contribution in [0.4, 0.5) is 11.4 Å². The van der Waals surface area contributed by atoms with Crippen molar-refractivity contribution < 1.29 is 34.1 Å². The molecule has 6 aromatic rings. The zero-order valence-corrected chi connectivity index (χ0v) is 31.3. The molecule has 57 heavy (non-hydrogen) atoms. The van der Waals surface area contributed by atoms with E-state index in [1.54, 1.807) is 76.1 Å². The number of methoxy groups -OCH3 is 1. The summed E-state index contributed by atoms with van der Waals surface area (Å²) in [6.07, 6.45) is 6.20. The largest absolute Gasteiger partial charge is 0.497 e. The molecule has 2 heterocycles. The van der Waals surface area contributed by atoms with E-state index in [1.165, 1.54) is 19.3 Å². The molecule has 0 aliphatic heterocycles. The van der Waals surface area contributed by atoms with E-state index in [0.717, 1.165) is 21.9 Å². The maximum absolute atomic E-state index is 12.6. The molecule has 0 saturated heterocycles. The fourth-order valence-electron chi connectivity index (χ4n) is 5.99. The number of carbonyl (C=O) groups excluding carboxylic acids is 2. The summed E-state index contributed by atoms with van der Waals surface area (Å²) < 4.78 is 8.27. The molecule has 4 N–H and O–H groups in total. The van der Waals surface area contributed by atoms with Crippen molar-refractivity contribution in [2.45, 2.75) is 32.9 Å². The third kappa shape index (κ3) is 10.2. The number of hydrogen-bond acceptors (Lipinski definition) is 7. The second-order valence-corrected chi connectivity index (χ2v) is 13.0. The number of benzene rings is 4. The van der Waals surface area contributed by atoms with E-state index in [0.29, 0.717) is 39.7 Å². The zero-order chi connectivity index (χ0) is 41.1. The fraction of sp³-hybridized carbons (Fsp3) is 0.136. The number of aliphatic carboxylic acids is 2. The Kier molecular flexibility index (Phi) is 13.0. The summed E-state index contributed by atoms with van der Waals surface area (Å²) in [5.74, 6) is -2.06. The molecule has 0 radical (unpaired) electrons. The quantitative estimate of drug-likeness (QED) is 0.0713. The van der Waals surface area contributed by atoms with Gasteiger partial charge in [-0.25, -0.2) is 0 Å². The van der Waals surface area contributed by atoms with Crippen molar-refractivity contribution in [2.24, 2.45) is 0 Å². The minimum absolute atomic E-state index is 0.0591. The Morgan fingerprint density at radius 1 is 0.684 bits per heavy atom. The monoisotopic (exact) mass is 762 g/mol. The van der Waals surface area contributed by atoms with Gasteiger partial charge < -0.3 is 34.7 Å². The lowest BCUT2D eigenvalue weighted by Crippen LogP contribution is -2.13. The van der Waals surface area contributed by atoms with Crippen molar-refractivity contribution in [1.82, 2.24) is 9.13 Å². The SMILES string of the molecule is CC(C)c1ccc(NC(=O)/C(C#N)=C/c2cn(CC(=O)O)c3ccccc23)cc1.COc1cccc(NC(=O)/C(C#N)=C/c2cn(CC(=O)O)c3ccccc23)c1. The molecule has 286 valence electrons. The van der Waals surface area contributed by atoms with Crippen molar-refractivity contribution in [1.29, 1.82) is 10.5 Å². The van der Waals surface area contributed by atoms with E-state index >= 15 is 0 Å². The van der Waals surface area contributed by atoms with Crippen LogP contribution in [-0.2, 0) is 32.3 Å². The number of aromatic nitrogens is 2. The Morgan fingerprint density at radius 3 is 1.60 bits per heavy atom. The molecule has 0 unspecified atom stereocenters. The van der Waals surface area contributed by atoms with E-state index in [-0.39, 0.29) is 24.2 Å². The van der Waals surface area contributed by atoms with Gasteiger partial charge in [0, 0.05) is 62.8 Å². The smallest absolute Gasteiger partial charge is 0.323 e. The number of amides is 2. The molecular weight excluding hydrogens is 725 g/mol. The number of carbonyl (C=O) groups is 4. The summed E-state index contributed by atoms with van der Waals surface area (Å²) in [6.45, 7) is 3.76. The molecule has 0 saturated carbocycles. The first-order valence-corrected chi connectivity index (χ1v) is 17.6. The molecule has 13 heteroatoms. The highest BCUT2D eigenvalue weighted by Crippen LogP contribution is 2.26. The van der Waals surface area contributed by atoms with Crippen molar-refractivity contribution in [3.8, 4) is 17.9 Å². The third-order valence-electron chi connectivity index (χ3n) is 8.74. The van der Waals surface area contributed by atoms with Gasteiger partial charge in [-0.15, -0.1) is 0 Å². The van der Waals surface area contributed by atoms with Gasteiger partial charge in [0.1, 0.15) is 42.1 Å². The van der Waals surface area contributed by atoms with Crippen LogP contribution in [0.2, 0.25) is 0 Å². The maximum Gasteiger partial charge on any atom is 0.323 e. The van der Waals surface area contributed by atoms with Crippen LogP contribution in [0.25, 0.3) is 34.0 Å². The number of ether oxygens (including phenoxy) is 1. The number of nitrogens with zero attached hydrogens (tertiary/aromatic N) is 4. The van der Waals surface area contributed by atoms with Crippen LogP contribution in [-0.4, -0.2) is 50.2 Å². The Labute approximate surface area is 328 Å². The van der Waals surface area contributed by atoms with Crippen LogP contribution in [0, 0.1) is 22.7 Å². The summed E-state index contributed by atoms with van der Waals surface area (Å²) in [6, 6.07) is 32.6. The Balaban J connectivity index is 0.000000218. The highest BCUT2D eigenvalue weighted by Gasteiger charge is 2.16. The van der Waals surface area contributed by atoms with Crippen LogP contribution < -0.4 is 15.4 Å². The lowest BCUT2D eigenvalue weighted by atomic mass is 10.0. The maximum atomic E-state index is 12.6. The average molecular weight is 763 g/mol. The van der Waals surface area contributed by atoms with Crippen molar-refractivity contribution >= 4 is 69.1 Å². The molecule has 0 atom stereocenters. The molecule has 0 aliphatic carbocycles. The minimum Gasteiger partial charge on any atom is -0.497 e. The molecule has 4 aromatic carbocycles. The van der Waals surface area contributed by atoms with Gasteiger partial charge in [-0.3, -0.25) is 19.2 Å². The summed E-state index contributed by atoms with van der Waals surface area (Å²) in [7, 11) is 1.52. The summed E-state index contributed by atoms with van der Waals surface area (Å²) in [5, 5.41) is 44.1. The standard InChI is InChI=1S/C23H21N3O3.C21H17N3O4/c1-15(2)16-7-9-19(10-8-16)25-23(29)17(12-24)11-18-13-26(14-22(27)28)21-6-4-3-5-20(18)21;1-28-17-6-4-5-16(10-17)23-21(27)14(11-22)9-15-12-24(13-20(25)26)19-8-3-2-7-18(15)19/h3-11,13,15H,14H2,1-2H3,(H,25,29)(H,27,28);2-10,12H,13H2,1H3,(H,23,27)(H,25,26)/b17-11+;14-9+. The third-order valence-corrected chi connectivity index (χ3v) is 8.74. The van der Waals surface area contributed by atoms with Gasteiger partial charge in [0.05, 0.1) is 7.11 Å². The second kappa shape index (κ2) is 18.4. The van der Waals surface area contributed by atoms with Crippen LogP contribution >= 0.6 is 0 Å². The zero-order valence-electron chi connectivity index (χ0n) is 31.3. The Bertz CT molecular complexity index is 2620. The number of anilines is 2. The molecule has 0 spiro atoms. The number of carboxylic acids is 2. The molecule has 2 amide bonds. The van der Waals surface area contributed by atoms with Gasteiger partial charge in [0.15, 0.2) is 0 Å². The van der Waals surface area contributed by atoms with E-state index in [2.05, 4.69) is 24.5 Å². The van der Waals surface area contributed by atoms with E-state index in [1.807, 2.05) is 54.6 Å². The van der Waals surface area contributed by atoms with Crippen molar-refractivity contribution in [3.05, 3.63) is 137 Å². The summed E-state index contributed by atoms with van der Waals surface area (Å²) in [4.78, 5) is 47.3. The number of carboxylic acid groups (broad SMARTS) is 2. The highest BCUT2D eigenvalue weighted by atomic mass is 16.5. The molecule has 0 bridgehead atoms. The van der Waals surface area contributed by atoms with Gasteiger partial charge >= 0.3 is 11.9 Å². The normalized spacial score (nSPS) is 11.3. The predicted molar refractivity (Wildman–Crippen MR) is 217 cm³/mol. The average Bonchev–Trinajstić information content (AvgIpc) is 3.72. The van der Waals surface area contributed by atoms with Gasteiger partial charge in [-0.2, -0.15) is 10.5 Å². The lowest BCUT2D eigenvalue weighted by Gasteiger charge is -2.08. The number of hydrogen-bond donors (Lipinski definition) is 4. The molecule has 2 aromatic heterocycles. The van der Waals surface area contributed by atoms with E-state index in [4.69, 9.17) is 14.9 Å². The molecule has 6 rings (SSSR count). The van der Waals surface area contributed by atoms with Crippen molar-refractivity contribution in [2.75, 3.05) is 17.7 Å². The molecule has 13 nitrogen and oxygen atoms in total. The number of nitriles is 2. The number of para-hydroxylation sites is 2. The van der Waals surface area contributed by atoms with E-state index < -0.39 is 23.8 Å². The second-order valence-electron chi connectivity index (χ2n) is 13.0. The van der Waals surface area contributed by atoms with Crippen LogP contribution in [0.5, 0.6) is 5.75 Å². The number of rotatable bonds is 12. The highest BCUT2D eigenvalue weighted by molar-refractivity contribution is 6.11. The topological polar surface area (TPSA) is 199 Å². The summed E-state index contributed by atoms with van der Waals surface area (Å²) in [5.41, 5.74) is 4.75. The Hall–Kier alpha value is -7.90. The first-order chi connectivity index (χ1) is 27.4. The summed E-state index contributed by atoms with van der Waals surface area (Å²) >= 11 is 0.